The second-order valence-electron chi connectivity index (χ2n) is 9.46. The van der Waals surface area contributed by atoms with E-state index in [1.54, 1.807) is 21.3 Å². The molecule has 2 aliphatic rings. The Morgan fingerprint density at radius 2 is 1.71 bits per heavy atom. The zero-order chi connectivity index (χ0) is 26.4. The van der Waals surface area contributed by atoms with Gasteiger partial charge in [-0.25, -0.2) is 4.99 Å². The summed E-state index contributed by atoms with van der Waals surface area (Å²) in [6.45, 7) is 2.00. The fourth-order valence-corrected chi connectivity index (χ4v) is 6.42. The molecule has 1 aliphatic carbocycles. The van der Waals surface area contributed by atoms with Crippen LogP contribution in [-0.4, -0.2) is 25.9 Å². The lowest BCUT2D eigenvalue weighted by Gasteiger charge is -2.31. The number of methoxy groups -OCH3 is 3. The molecular weight excluding hydrogens is 496 g/mol. The highest BCUT2D eigenvalue weighted by atomic mass is 32.1. The minimum Gasteiger partial charge on any atom is -0.496 e. The van der Waals surface area contributed by atoms with E-state index >= 15 is 0 Å². The average molecular weight is 525 g/mol. The quantitative estimate of drug-likeness (QED) is 0.381. The highest BCUT2D eigenvalue weighted by Crippen LogP contribution is 2.42. The number of thiazole rings is 1. The van der Waals surface area contributed by atoms with Crippen LogP contribution in [0.15, 0.2) is 76.0 Å². The topological polar surface area (TPSA) is 62.0 Å². The number of nitrogens with zero attached hydrogens (tertiary/aromatic N) is 2. The molecule has 192 valence electrons. The Bertz CT molecular complexity index is 1780. The molecule has 0 saturated heterocycles. The van der Waals surface area contributed by atoms with E-state index in [1.807, 2.05) is 54.0 Å². The monoisotopic (exact) mass is 524 g/mol. The third-order valence-corrected chi connectivity index (χ3v) is 8.31. The molecule has 0 N–H and O–H groups in total. The molecular formula is C31H28N2O4S. The van der Waals surface area contributed by atoms with E-state index in [-0.39, 0.29) is 11.6 Å². The highest BCUT2D eigenvalue weighted by molar-refractivity contribution is 7.07. The number of benzene rings is 3. The van der Waals surface area contributed by atoms with Gasteiger partial charge in [-0.05, 0) is 71.9 Å². The number of aromatic nitrogens is 1. The summed E-state index contributed by atoms with van der Waals surface area (Å²) in [4.78, 5) is 19.8. The summed E-state index contributed by atoms with van der Waals surface area (Å²) in [5, 5.41) is 0. The number of hydrogen-bond donors (Lipinski definition) is 0. The molecule has 3 aromatic carbocycles. The molecule has 0 saturated carbocycles. The van der Waals surface area contributed by atoms with E-state index in [0.29, 0.717) is 20.8 Å². The number of allylic oxidation sites excluding steroid dienone is 1. The maximum atomic E-state index is 14.0. The normalized spacial score (nSPS) is 16.3. The molecule has 1 aliphatic heterocycles. The first-order valence-electron chi connectivity index (χ1n) is 12.5. The summed E-state index contributed by atoms with van der Waals surface area (Å²) in [5.41, 5.74) is 7.41. The highest BCUT2D eigenvalue weighted by Gasteiger charge is 2.33. The fraction of sp³-hybridized carbons (Fsp3) is 0.226. The second kappa shape index (κ2) is 9.65. The van der Waals surface area contributed by atoms with Crippen LogP contribution in [0.2, 0.25) is 0 Å². The van der Waals surface area contributed by atoms with Gasteiger partial charge in [-0.3, -0.25) is 9.36 Å². The van der Waals surface area contributed by atoms with Crippen LogP contribution in [0.25, 0.3) is 11.8 Å². The molecule has 0 unspecified atom stereocenters. The zero-order valence-electron chi connectivity index (χ0n) is 21.8. The number of fused-ring (bicyclic) bond motifs is 3. The lowest BCUT2D eigenvalue weighted by molar-refractivity contribution is 0.354. The van der Waals surface area contributed by atoms with E-state index in [4.69, 9.17) is 19.2 Å². The van der Waals surface area contributed by atoms with E-state index in [0.717, 1.165) is 52.1 Å². The van der Waals surface area contributed by atoms with Crippen molar-refractivity contribution in [1.82, 2.24) is 4.57 Å². The number of ether oxygens (including phenoxy) is 3. The van der Waals surface area contributed by atoms with E-state index in [9.17, 15) is 4.79 Å². The average Bonchev–Trinajstić information content (AvgIpc) is 3.26. The molecule has 6 rings (SSSR count). The maximum absolute atomic E-state index is 14.0. The maximum Gasteiger partial charge on any atom is 0.271 e. The standard InChI is InChI=1S/C31H28N2O4S/c1-18-9-10-19(15-25(18)36-3)16-27-30(34)33-29(21-12-14-24(35-2)26(17-21)37-4)23-13-11-20-7-5-6-8-22(20)28(23)32-31(33)38-27/h5-10,12,14-17,29H,11,13H2,1-4H3/b27-16+/t29-/m1/s1. The van der Waals surface area contributed by atoms with E-state index in [1.165, 1.54) is 16.9 Å². The molecule has 0 fully saturated rings. The van der Waals surface area contributed by atoms with Crippen LogP contribution in [0.3, 0.4) is 0 Å². The predicted octanol–water partition coefficient (Wildman–Crippen LogP) is 4.65. The van der Waals surface area contributed by atoms with Gasteiger partial charge in [-0.1, -0.05) is 53.8 Å². The molecule has 0 amide bonds. The Hall–Kier alpha value is -4.10. The lowest BCUT2D eigenvalue weighted by atomic mass is 9.83. The van der Waals surface area contributed by atoms with Gasteiger partial charge in [0.2, 0.25) is 0 Å². The molecule has 1 aromatic heterocycles. The van der Waals surface area contributed by atoms with Crippen molar-refractivity contribution in [2.75, 3.05) is 21.3 Å². The van der Waals surface area contributed by atoms with Gasteiger partial charge in [0.05, 0.1) is 37.6 Å². The van der Waals surface area contributed by atoms with E-state index in [2.05, 4.69) is 24.3 Å². The second-order valence-corrected chi connectivity index (χ2v) is 10.5. The van der Waals surface area contributed by atoms with Crippen molar-refractivity contribution < 1.29 is 14.2 Å². The molecule has 7 heteroatoms. The van der Waals surface area contributed by atoms with Gasteiger partial charge in [-0.2, -0.15) is 0 Å². The van der Waals surface area contributed by atoms with Crippen LogP contribution < -0.4 is 29.1 Å². The molecule has 1 atom stereocenters. The fourth-order valence-electron chi connectivity index (χ4n) is 5.42. The van der Waals surface area contributed by atoms with Crippen LogP contribution in [0.5, 0.6) is 17.2 Å². The SMILES string of the molecule is COc1cc(/C=c2/sc3n(c2=O)[C@H](c2ccc(OC)c(OC)c2)C2=C(N=3)c3ccccc3CC2)ccc1C. The Balaban J connectivity index is 1.60. The molecule has 6 nitrogen and oxygen atoms in total. The van der Waals surface area contributed by atoms with Crippen molar-refractivity contribution in [3.63, 3.8) is 0 Å². The molecule has 0 spiro atoms. The molecule has 4 aromatic rings. The van der Waals surface area contributed by atoms with Gasteiger partial charge in [0.25, 0.3) is 5.56 Å². The predicted molar refractivity (Wildman–Crippen MR) is 150 cm³/mol. The van der Waals surface area contributed by atoms with Crippen LogP contribution in [0.1, 0.15) is 40.3 Å². The first kappa shape index (κ1) is 24.2. The van der Waals surface area contributed by atoms with Gasteiger partial charge in [-0.15, -0.1) is 0 Å². The Morgan fingerprint density at radius 1 is 0.921 bits per heavy atom. The van der Waals surface area contributed by atoms with Crippen LogP contribution >= 0.6 is 11.3 Å². The Kier molecular flexibility index (Phi) is 6.16. The number of aryl methyl sites for hydroxylation is 2. The molecule has 0 bridgehead atoms. The van der Waals surface area contributed by atoms with Crippen molar-refractivity contribution in [2.45, 2.75) is 25.8 Å². The first-order valence-corrected chi connectivity index (χ1v) is 13.3. The summed E-state index contributed by atoms with van der Waals surface area (Å²) in [7, 11) is 4.91. The Labute approximate surface area is 224 Å². The van der Waals surface area contributed by atoms with Gasteiger partial charge in [0, 0.05) is 5.56 Å². The zero-order valence-corrected chi connectivity index (χ0v) is 22.6. The first-order chi connectivity index (χ1) is 18.5. The van der Waals surface area contributed by atoms with Crippen LogP contribution in [-0.2, 0) is 6.42 Å². The minimum atomic E-state index is -0.288. The summed E-state index contributed by atoms with van der Waals surface area (Å²) < 4.78 is 19.1. The molecule has 2 heterocycles. The summed E-state index contributed by atoms with van der Waals surface area (Å²) in [6.07, 6.45) is 3.66. The van der Waals surface area contributed by atoms with Crippen LogP contribution in [0, 0.1) is 6.92 Å². The van der Waals surface area contributed by atoms with Gasteiger partial charge < -0.3 is 14.2 Å². The van der Waals surface area contributed by atoms with Crippen molar-refractivity contribution in [2.24, 2.45) is 4.99 Å². The molecule has 38 heavy (non-hydrogen) atoms. The smallest absolute Gasteiger partial charge is 0.271 e. The largest absolute Gasteiger partial charge is 0.496 e. The van der Waals surface area contributed by atoms with Crippen LogP contribution in [0.4, 0.5) is 0 Å². The van der Waals surface area contributed by atoms with Crippen molar-refractivity contribution in [3.05, 3.63) is 114 Å². The number of hydrogen-bond acceptors (Lipinski definition) is 6. The Morgan fingerprint density at radius 3 is 2.50 bits per heavy atom. The third-order valence-electron chi connectivity index (χ3n) is 7.33. The molecule has 0 radical (unpaired) electrons. The number of rotatable bonds is 5. The minimum absolute atomic E-state index is 0.0570. The summed E-state index contributed by atoms with van der Waals surface area (Å²) >= 11 is 1.42. The van der Waals surface area contributed by atoms with Crippen molar-refractivity contribution in [3.8, 4) is 17.2 Å². The third kappa shape index (κ3) is 3.94. The lowest BCUT2D eigenvalue weighted by Crippen LogP contribution is -2.38. The summed E-state index contributed by atoms with van der Waals surface area (Å²) in [5.74, 6) is 2.08. The van der Waals surface area contributed by atoms with Gasteiger partial charge in [0.15, 0.2) is 16.3 Å². The van der Waals surface area contributed by atoms with E-state index < -0.39 is 0 Å². The van der Waals surface area contributed by atoms with Crippen molar-refractivity contribution >= 4 is 23.1 Å². The summed E-state index contributed by atoms with van der Waals surface area (Å²) in [6, 6.07) is 20.0. The van der Waals surface area contributed by atoms with Gasteiger partial charge >= 0.3 is 0 Å². The van der Waals surface area contributed by atoms with Gasteiger partial charge in [0.1, 0.15) is 5.75 Å². The van der Waals surface area contributed by atoms with Crippen molar-refractivity contribution in [1.29, 1.82) is 0 Å².